The average Bonchev–Trinajstić information content (AvgIpc) is 2.66. The van der Waals surface area contributed by atoms with Crippen LogP contribution in [0.25, 0.3) is 12.2 Å². The van der Waals surface area contributed by atoms with E-state index in [0.717, 1.165) is 16.7 Å². The predicted octanol–water partition coefficient (Wildman–Crippen LogP) is 4.33. The number of para-hydroxylation sites is 1. The van der Waals surface area contributed by atoms with E-state index in [4.69, 9.17) is 4.74 Å². The number of esters is 1. The lowest BCUT2D eigenvalue weighted by atomic mass is 10.1. The molecule has 27 heavy (non-hydrogen) atoms. The Bertz CT molecular complexity index is 991. The summed E-state index contributed by atoms with van der Waals surface area (Å²) in [7, 11) is 0. The number of carbonyl (C=O) groups is 1. The topological polar surface area (TPSA) is 72.3 Å². The number of phenols is 1. The summed E-state index contributed by atoms with van der Waals surface area (Å²) < 4.78 is 18.5. The molecule has 0 spiro atoms. The van der Waals surface area contributed by atoms with Crippen LogP contribution in [0.15, 0.2) is 48.8 Å². The maximum Gasteiger partial charge on any atom is 0.381 e. The number of aromatic nitrogens is 2. The van der Waals surface area contributed by atoms with Crippen LogP contribution in [-0.2, 0) is 0 Å². The standard InChI is InChI=1S/C21H17FN2O3/c1-13-9-15(10-14(2)19(13)25)7-8-16-11-23-20(24-12-16)21(26)27-18-6-4-3-5-17(18)22/h3-12,25H,1-2H3/b8-7+. The largest absolute Gasteiger partial charge is 0.507 e. The first kappa shape index (κ1) is 18.3. The van der Waals surface area contributed by atoms with Gasteiger partial charge in [-0.1, -0.05) is 24.3 Å². The van der Waals surface area contributed by atoms with Gasteiger partial charge in [-0.3, -0.25) is 0 Å². The number of phenolic OH excluding ortho intramolecular Hbond substituents is 1. The van der Waals surface area contributed by atoms with Gasteiger partial charge in [0, 0.05) is 18.0 Å². The molecular formula is C21H17FN2O3. The second-order valence-corrected chi connectivity index (χ2v) is 6.00. The van der Waals surface area contributed by atoms with E-state index in [0.29, 0.717) is 5.56 Å². The molecule has 0 saturated heterocycles. The molecular weight excluding hydrogens is 347 g/mol. The van der Waals surface area contributed by atoms with Gasteiger partial charge < -0.3 is 9.84 Å². The van der Waals surface area contributed by atoms with Gasteiger partial charge in [0.25, 0.3) is 0 Å². The lowest BCUT2D eigenvalue weighted by molar-refractivity contribution is 0.0715. The van der Waals surface area contributed by atoms with Gasteiger partial charge >= 0.3 is 5.97 Å². The summed E-state index contributed by atoms with van der Waals surface area (Å²) >= 11 is 0. The smallest absolute Gasteiger partial charge is 0.381 e. The molecule has 0 radical (unpaired) electrons. The van der Waals surface area contributed by atoms with Crippen molar-refractivity contribution in [2.45, 2.75) is 13.8 Å². The molecule has 0 aliphatic carbocycles. The quantitative estimate of drug-likeness (QED) is 0.551. The number of halogens is 1. The first-order valence-electron chi connectivity index (χ1n) is 8.21. The minimum atomic E-state index is -0.833. The Morgan fingerprint density at radius 1 is 1.04 bits per heavy atom. The molecule has 0 unspecified atom stereocenters. The van der Waals surface area contributed by atoms with Crippen LogP contribution in [0.4, 0.5) is 4.39 Å². The molecule has 3 rings (SSSR count). The molecule has 0 aliphatic rings. The number of hydrogen-bond acceptors (Lipinski definition) is 5. The zero-order valence-electron chi connectivity index (χ0n) is 14.8. The van der Waals surface area contributed by atoms with E-state index in [2.05, 4.69) is 9.97 Å². The van der Waals surface area contributed by atoms with Crippen molar-refractivity contribution in [3.8, 4) is 11.5 Å². The molecule has 2 aromatic carbocycles. The second kappa shape index (κ2) is 7.78. The maximum atomic E-state index is 13.5. The number of nitrogens with zero attached hydrogens (tertiary/aromatic N) is 2. The van der Waals surface area contributed by atoms with Gasteiger partial charge in [-0.2, -0.15) is 0 Å². The number of hydrogen-bond donors (Lipinski definition) is 1. The third-order valence-electron chi connectivity index (χ3n) is 3.88. The number of carbonyl (C=O) groups excluding carboxylic acids is 1. The van der Waals surface area contributed by atoms with Crippen LogP contribution >= 0.6 is 0 Å². The summed E-state index contributed by atoms with van der Waals surface area (Å²) in [5.74, 6) is -1.52. The highest BCUT2D eigenvalue weighted by atomic mass is 19.1. The number of ether oxygens (including phenoxy) is 1. The molecule has 136 valence electrons. The summed E-state index contributed by atoms with van der Waals surface area (Å²) in [6.07, 6.45) is 6.59. The van der Waals surface area contributed by atoms with Crippen LogP contribution in [0.1, 0.15) is 32.9 Å². The molecule has 0 bridgehead atoms. The van der Waals surface area contributed by atoms with Crippen LogP contribution in [0.5, 0.6) is 11.5 Å². The Kier molecular flexibility index (Phi) is 5.26. The Labute approximate surface area is 155 Å². The minimum absolute atomic E-state index is 0.160. The van der Waals surface area contributed by atoms with Crippen LogP contribution in [0.3, 0.4) is 0 Å². The summed E-state index contributed by atoms with van der Waals surface area (Å²) in [5.41, 5.74) is 3.18. The molecule has 0 aliphatic heterocycles. The number of rotatable bonds is 4. The summed E-state index contributed by atoms with van der Waals surface area (Å²) in [4.78, 5) is 19.9. The highest BCUT2D eigenvalue weighted by Crippen LogP contribution is 2.24. The van der Waals surface area contributed by atoms with Crippen LogP contribution in [0.2, 0.25) is 0 Å². The summed E-state index contributed by atoms with van der Waals surface area (Å²) in [5, 5.41) is 9.81. The summed E-state index contributed by atoms with van der Waals surface area (Å²) in [6, 6.07) is 9.34. The molecule has 0 amide bonds. The molecule has 0 saturated carbocycles. The fraction of sp³-hybridized carbons (Fsp3) is 0.0952. The van der Waals surface area contributed by atoms with Crippen molar-refractivity contribution >= 4 is 18.1 Å². The second-order valence-electron chi connectivity index (χ2n) is 6.00. The van der Waals surface area contributed by atoms with Gasteiger partial charge in [-0.25, -0.2) is 19.2 Å². The van der Waals surface area contributed by atoms with Crippen molar-refractivity contribution in [2.24, 2.45) is 0 Å². The van der Waals surface area contributed by atoms with E-state index in [1.807, 2.05) is 32.1 Å². The van der Waals surface area contributed by atoms with Gasteiger partial charge in [0.15, 0.2) is 11.6 Å². The predicted molar refractivity (Wildman–Crippen MR) is 99.9 cm³/mol. The highest BCUT2D eigenvalue weighted by molar-refractivity contribution is 5.87. The minimum Gasteiger partial charge on any atom is -0.507 e. The molecule has 5 nitrogen and oxygen atoms in total. The molecule has 1 aromatic heterocycles. The monoisotopic (exact) mass is 364 g/mol. The number of benzene rings is 2. The fourth-order valence-electron chi connectivity index (χ4n) is 2.48. The fourth-order valence-corrected chi connectivity index (χ4v) is 2.48. The van der Waals surface area contributed by atoms with E-state index in [1.54, 1.807) is 12.1 Å². The zero-order chi connectivity index (χ0) is 19.4. The van der Waals surface area contributed by atoms with Gasteiger partial charge in [0.2, 0.25) is 5.82 Å². The van der Waals surface area contributed by atoms with Crippen molar-refractivity contribution in [1.82, 2.24) is 9.97 Å². The summed E-state index contributed by atoms with van der Waals surface area (Å²) in [6.45, 7) is 3.66. The Morgan fingerprint density at radius 2 is 1.63 bits per heavy atom. The van der Waals surface area contributed by atoms with Gasteiger partial charge in [0.05, 0.1) is 0 Å². The number of aryl methyl sites for hydroxylation is 2. The van der Waals surface area contributed by atoms with Gasteiger partial charge in [-0.05, 0) is 54.8 Å². The third-order valence-corrected chi connectivity index (χ3v) is 3.88. The Hall–Kier alpha value is -3.54. The zero-order valence-corrected chi connectivity index (χ0v) is 14.8. The lowest BCUT2D eigenvalue weighted by Gasteiger charge is -2.05. The molecule has 0 fully saturated rings. The van der Waals surface area contributed by atoms with E-state index >= 15 is 0 Å². The van der Waals surface area contributed by atoms with Crippen molar-refractivity contribution < 1.29 is 19.0 Å². The van der Waals surface area contributed by atoms with Crippen molar-refractivity contribution in [1.29, 1.82) is 0 Å². The highest BCUT2D eigenvalue weighted by Gasteiger charge is 2.14. The Morgan fingerprint density at radius 3 is 2.26 bits per heavy atom. The first-order valence-corrected chi connectivity index (χ1v) is 8.21. The third kappa shape index (κ3) is 4.36. The van der Waals surface area contributed by atoms with E-state index in [-0.39, 0.29) is 17.3 Å². The lowest BCUT2D eigenvalue weighted by Crippen LogP contribution is -2.13. The van der Waals surface area contributed by atoms with E-state index in [9.17, 15) is 14.3 Å². The van der Waals surface area contributed by atoms with Crippen molar-refractivity contribution in [3.05, 3.63) is 82.7 Å². The van der Waals surface area contributed by atoms with E-state index in [1.165, 1.54) is 30.6 Å². The SMILES string of the molecule is Cc1cc(/C=C/c2cnc(C(=O)Oc3ccccc3F)nc2)cc(C)c1O. The van der Waals surface area contributed by atoms with Crippen molar-refractivity contribution in [2.75, 3.05) is 0 Å². The molecule has 3 aromatic rings. The molecule has 1 N–H and O–H groups in total. The Balaban J connectivity index is 1.72. The van der Waals surface area contributed by atoms with E-state index < -0.39 is 11.8 Å². The number of aromatic hydroxyl groups is 1. The van der Waals surface area contributed by atoms with Crippen molar-refractivity contribution in [3.63, 3.8) is 0 Å². The maximum absolute atomic E-state index is 13.5. The average molecular weight is 364 g/mol. The molecule has 6 heteroatoms. The normalized spacial score (nSPS) is 10.9. The first-order chi connectivity index (χ1) is 12.9. The molecule has 0 atom stereocenters. The van der Waals surface area contributed by atoms with Gasteiger partial charge in [-0.15, -0.1) is 0 Å². The van der Waals surface area contributed by atoms with Gasteiger partial charge in [0.1, 0.15) is 5.75 Å². The molecule has 1 heterocycles. The van der Waals surface area contributed by atoms with Crippen LogP contribution < -0.4 is 4.74 Å². The van der Waals surface area contributed by atoms with Crippen LogP contribution in [0, 0.1) is 19.7 Å². The van der Waals surface area contributed by atoms with Crippen LogP contribution in [-0.4, -0.2) is 21.0 Å².